The number of halogens is 3. The van der Waals surface area contributed by atoms with Gasteiger partial charge in [-0.2, -0.15) is 13.2 Å². The van der Waals surface area contributed by atoms with Crippen LogP contribution in [0.5, 0.6) is 5.75 Å². The SMILES string of the molecule is Cc1cnc(N2CCCC(COc3ccnc(C(F)(F)F)c3)C2)s1. The number of piperidine rings is 1. The summed E-state index contributed by atoms with van der Waals surface area (Å²) in [5.41, 5.74) is -0.927. The smallest absolute Gasteiger partial charge is 0.433 e. The maximum absolute atomic E-state index is 12.7. The fourth-order valence-electron chi connectivity index (χ4n) is 2.73. The number of anilines is 1. The molecule has 3 heterocycles. The quantitative estimate of drug-likeness (QED) is 0.824. The third-order valence-electron chi connectivity index (χ3n) is 3.91. The monoisotopic (exact) mass is 357 g/mol. The van der Waals surface area contributed by atoms with Crippen LogP contribution in [0.2, 0.25) is 0 Å². The molecule has 24 heavy (non-hydrogen) atoms. The van der Waals surface area contributed by atoms with Crippen LogP contribution < -0.4 is 9.64 Å². The highest BCUT2D eigenvalue weighted by Gasteiger charge is 2.32. The van der Waals surface area contributed by atoms with E-state index in [2.05, 4.69) is 14.9 Å². The second-order valence-electron chi connectivity index (χ2n) is 5.89. The van der Waals surface area contributed by atoms with Crippen LogP contribution in [0.15, 0.2) is 24.5 Å². The van der Waals surface area contributed by atoms with Crippen molar-refractivity contribution in [2.24, 2.45) is 5.92 Å². The summed E-state index contributed by atoms with van der Waals surface area (Å²) in [6, 6.07) is 2.41. The van der Waals surface area contributed by atoms with Gasteiger partial charge in [0.1, 0.15) is 11.4 Å². The average molecular weight is 357 g/mol. The molecular formula is C16H18F3N3OS. The minimum atomic E-state index is -4.45. The minimum absolute atomic E-state index is 0.208. The lowest BCUT2D eigenvalue weighted by atomic mass is 9.99. The van der Waals surface area contributed by atoms with Crippen molar-refractivity contribution in [2.75, 3.05) is 24.6 Å². The van der Waals surface area contributed by atoms with E-state index in [1.54, 1.807) is 11.3 Å². The van der Waals surface area contributed by atoms with Crippen LogP contribution in [0.25, 0.3) is 0 Å². The molecule has 1 aliphatic rings. The first-order chi connectivity index (χ1) is 11.4. The average Bonchev–Trinajstić information content (AvgIpc) is 2.99. The molecule has 8 heteroatoms. The molecule has 0 bridgehead atoms. The van der Waals surface area contributed by atoms with E-state index in [1.165, 1.54) is 10.9 Å². The Bertz CT molecular complexity index is 689. The first-order valence-electron chi connectivity index (χ1n) is 7.75. The molecule has 0 aliphatic carbocycles. The van der Waals surface area contributed by atoms with Crippen LogP contribution in [0.1, 0.15) is 23.4 Å². The van der Waals surface area contributed by atoms with Gasteiger partial charge in [0, 0.05) is 42.3 Å². The molecule has 0 spiro atoms. The first-order valence-corrected chi connectivity index (χ1v) is 8.57. The number of nitrogens with zero attached hydrogens (tertiary/aromatic N) is 3. The maximum atomic E-state index is 12.7. The zero-order valence-electron chi connectivity index (χ0n) is 13.2. The van der Waals surface area contributed by atoms with Gasteiger partial charge in [-0.25, -0.2) is 4.98 Å². The van der Waals surface area contributed by atoms with Gasteiger partial charge in [0.15, 0.2) is 5.13 Å². The van der Waals surface area contributed by atoms with Crippen molar-refractivity contribution >= 4 is 16.5 Å². The van der Waals surface area contributed by atoms with Crippen molar-refractivity contribution in [1.82, 2.24) is 9.97 Å². The fourth-order valence-corrected chi connectivity index (χ4v) is 3.53. The zero-order valence-corrected chi connectivity index (χ0v) is 14.0. The Morgan fingerprint density at radius 2 is 2.21 bits per heavy atom. The van der Waals surface area contributed by atoms with Crippen LogP contribution in [0.4, 0.5) is 18.3 Å². The molecule has 0 saturated carbocycles. The molecule has 1 aliphatic heterocycles. The Labute approximate surface area is 142 Å². The summed E-state index contributed by atoms with van der Waals surface area (Å²) in [4.78, 5) is 11.1. The van der Waals surface area contributed by atoms with Crippen molar-refractivity contribution in [3.63, 3.8) is 0 Å². The molecule has 1 atom stereocenters. The number of hydrogen-bond donors (Lipinski definition) is 0. The number of alkyl halides is 3. The molecule has 3 rings (SSSR count). The Kier molecular flexibility index (Phi) is 4.93. The van der Waals surface area contributed by atoms with Gasteiger partial charge in [-0.1, -0.05) is 0 Å². The standard InChI is InChI=1S/C16H18F3N3OS/c1-11-8-21-15(24-11)22-6-2-3-12(9-22)10-23-13-4-5-20-14(7-13)16(17,18)19/h4-5,7-8,12H,2-3,6,9-10H2,1H3. The van der Waals surface area contributed by atoms with E-state index in [9.17, 15) is 13.2 Å². The van der Waals surface area contributed by atoms with Gasteiger partial charge < -0.3 is 9.64 Å². The molecule has 0 amide bonds. The lowest BCUT2D eigenvalue weighted by Gasteiger charge is -2.32. The summed E-state index contributed by atoms with van der Waals surface area (Å²) < 4.78 is 43.6. The van der Waals surface area contributed by atoms with E-state index in [4.69, 9.17) is 4.74 Å². The topological polar surface area (TPSA) is 38.2 Å². The highest BCUT2D eigenvalue weighted by atomic mass is 32.1. The predicted molar refractivity (Wildman–Crippen MR) is 86.5 cm³/mol. The number of pyridine rings is 1. The maximum Gasteiger partial charge on any atom is 0.433 e. The van der Waals surface area contributed by atoms with Gasteiger partial charge in [-0.3, -0.25) is 4.98 Å². The minimum Gasteiger partial charge on any atom is -0.493 e. The van der Waals surface area contributed by atoms with Crippen molar-refractivity contribution in [3.05, 3.63) is 35.1 Å². The lowest BCUT2D eigenvalue weighted by Crippen LogP contribution is -2.37. The van der Waals surface area contributed by atoms with Gasteiger partial charge >= 0.3 is 6.18 Å². The predicted octanol–water partition coefficient (Wildman–Crippen LogP) is 4.16. The van der Waals surface area contributed by atoms with Gasteiger partial charge in [-0.05, 0) is 25.8 Å². The second kappa shape index (κ2) is 6.96. The number of ether oxygens (including phenoxy) is 1. The molecule has 0 aromatic carbocycles. The molecule has 0 N–H and O–H groups in total. The third-order valence-corrected chi connectivity index (χ3v) is 4.88. The molecule has 1 fully saturated rings. The Balaban J connectivity index is 1.58. The van der Waals surface area contributed by atoms with Gasteiger partial charge in [-0.15, -0.1) is 11.3 Å². The summed E-state index contributed by atoms with van der Waals surface area (Å²) in [6.45, 7) is 4.18. The Morgan fingerprint density at radius 3 is 2.92 bits per heavy atom. The van der Waals surface area contributed by atoms with Gasteiger partial charge in [0.05, 0.1) is 6.61 Å². The van der Waals surface area contributed by atoms with E-state index in [0.717, 1.165) is 43.3 Å². The van der Waals surface area contributed by atoms with Crippen molar-refractivity contribution in [1.29, 1.82) is 0 Å². The highest BCUT2D eigenvalue weighted by molar-refractivity contribution is 7.15. The fraction of sp³-hybridized carbons (Fsp3) is 0.500. The summed E-state index contributed by atoms with van der Waals surface area (Å²) in [5, 5.41) is 1.00. The van der Waals surface area contributed by atoms with Crippen molar-refractivity contribution in [3.8, 4) is 5.75 Å². The molecule has 130 valence electrons. The largest absolute Gasteiger partial charge is 0.493 e. The van der Waals surface area contributed by atoms with E-state index in [-0.39, 0.29) is 11.7 Å². The number of thiazole rings is 1. The molecule has 2 aromatic heterocycles. The van der Waals surface area contributed by atoms with Crippen LogP contribution in [-0.2, 0) is 6.18 Å². The second-order valence-corrected chi connectivity index (χ2v) is 7.11. The van der Waals surface area contributed by atoms with E-state index in [0.29, 0.717) is 6.61 Å². The lowest BCUT2D eigenvalue weighted by molar-refractivity contribution is -0.141. The number of hydrogen-bond acceptors (Lipinski definition) is 5. The van der Waals surface area contributed by atoms with Crippen molar-refractivity contribution < 1.29 is 17.9 Å². The Morgan fingerprint density at radius 1 is 1.38 bits per heavy atom. The number of aromatic nitrogens is 2. The van der Waals surface area contributed by atoms with E-state index >= 15 is 0 Å². The molecule has 0 radical (unpaired) electrons. The van der Waals surface area contributed by atoms with Gasteiger partial charge in [0.25, 0.3) is 0 Å². The van der Waals surface area contributed by atoms with Crippen LogP contribution in [0, 0.1) is 12.8 Å². The van der Waals surface area contributed by atoms with Crippen molar-refractivity contribution in [2.45, 2.75) is 25.9 Å². The summed E-state index contributed by atoms with van der Waals surface area (Å²) in [7, 11) is 0. The highest BCUT2D eigenvalue weighted by Crippen LogP contribution is 2.30. The summed E-state index contributed by atoms with van der Waals surface area (Å²) in [5.74, 6) is 0.477. The molecule has 4 nitrogen and oxygen atoms in total. The molecule has 1 unspecified atom stereocenters. The van der Waals surface area contributed by atoms with Crippen LogP contribution in [0.3, 0.4) is 0 Å². The summed E-state index contributed by atoms with van der Waals surface area (Å²) in [6.07, 6.45) is 0.554. The van der Waals surface area contributed by atoms with Crippen LogP contribution in [-0.4, -0.2) is 29.7 Å². The van der Waals surface area contributed by atoms with E-state index in [1.807, 2.05) is 13.1 Å². The number of rotatable bonds is 4. The van der Waals surface area contributed by atoms with Crippen LogP contribution >= 0.6 is 11.3 Å². The molecule has 2 aromatic rings. The first kappa shape index (κ1) is 17.0. The molecular weight excluding hydrogens is 339 g/mol. The van der Waals surface area contributed by atoms with E-state index < -0.39 is 11.9 Å². The number of aryl methyl sites for hydroxylation is 1. The Hall–Kier alpha value is -1.83. The van der Waals surface area contributed by atoms with Gasteiger partial charge in [0.2, 0.25) is 0 Å². The summed E-state index contributed by atoms with van der Waals surface area (Å²) >= 11 is 1.66. The molecule has 1 saturated heterocycles. The normalized spacial score (nSPS) is 18.7. The third kappa shape index (κ3) is 4.17. The zero-order chi connectivity index (χ0) is 17.2.